The molecule has 11 heteroatoms. The molecule has 0 unspecified atom stereocenters. The molecule has 0 aliphatic carbocycles. The second-order valence-corrected chi connectivity index (χ2v) is 8.54. The van der Waals surface area contributed by atoms with Crippen LogP contribution in [0, 0.1) is 0 Å². The van der Waals surface area contributed by atoms with Crippen molar-refractivity contribution in [2.45, 2.75) is 44.0 Å². The number of anilines is 2. The molecule has 1 aliphatic heterocycles. The van der Waals surface area contributed by atoms with E-state index in [-0.39, 0.29) is 11.6 Å². The third-order valence-electron chi connectivity index (χ3n) is 4.66. The highest BCUT2D eigenvalue weighted by Gasteiger charge is 2.34. The van der Waals surface area contributed by atoms with Gasteiger partial charge in [0.05, 0.1) is 11.4 Å². The fourth-order valence-electron chi connectivity index (χ4n) is 3.02. The van der Waals surface area contributed by atoms with Crippen molar-refractivity contribution in [2.24, 2.45) is 15.3 Å². The van der Waals surface area contributed by atoms with E-state index in [9.17, 15) is 22.6 Å². The zero-order valence-electron chi connectivity index (χ0n) is 17.6. The number of hydrazone groups is 1. The molecule has 2 aromatic carbocycles. The van der Waals surface area contributed by atoms with Gasteiger partial charge in [-0.3, -0.25) is 14.1 Å². The number of hydrogen-bond donors (Lipinski definition) is 2. The lowest BCUT2D eigenvalue weighted by molar-refractivity contribution is -0.118. The van der Waals surface area contributed by atoms with Gasteiger partial charge in [0, 0.05) is 12.1 Å². The average molecular weight is 458 g/mol. The van der Waals surface area contributed by atoms with Crippen molar-refractivity contribution in [3.63, 3.8) is 0 Å². The molecule has 0 radical (unpaired) electrons. The second kappa shape index (κ2) is 9.79. The van der Waals surface area contributed by atoms with E-state index in [1.165, 1.54) is 17.1 Å². The molecule has 32 heavy (non-hydrogen) atoms. The summed E-state index contributed by atoms with van der Waals surface area (Å²) in [4.78, 5) is 24.3. The maximum atomic E-state index is 12.8. The largest absolute Gasteiger partial charge is 0.326 e. The minimum atomic E-state index is -4.61. The van der Waals surface area contributed by atoms with Crippen LogP contribution in [0.25, 0.3) is 0 Å². The lowest BCUT2D eigenvalue weighted by atomic mass is 10.2. The molecule has 168 valence electrons. The summed E-state index contributed by atoms with van der Waals surface area (Å²) in [5.41, 5.74) is 1.02. The van der Waals surface area contributed by atoms with Crippen molar-refractivity contribution in [3.05, 3.63) is 48.5 Å². The Bertz CT molecular complexity index is 1180. The summed E-state index contributed by atoms with van der Waals surface area (Å²) >= 11 is 0. The van der Waals surface area contributed by atoms with Crippen molar-refractivity contribution < 1.29 is 22.6 Å². The molecule has 2 aromatic rings. The fraction of sp³-hybridized carbons (Fsp3) is 0.286. The molecule has 3 rings (SSSR count). The Morgan fingerprint density at radius 1 is 1.22 bits per heavy atom. The SMILES string of the molecule is CCCCC(=O)Nc1ccc(S(=O)(=O)O)c(N=N[C@H]2C(=O)N(c3ccccc3)N=C2C)c1. The number of nitrogens with one attached hydrogen (secondary N) is 1. The Morgan fingerprint density at radius 2 is 1.94 bits per heavy atom. The molecule has 0 aromatic heterocycles. The zero-order valence-corrected chi connectivity index (χ0v) is 18.4. The lowest BCUT2D eigenvalue weighted by Gasteiger charge is -2.12. The first-order chi connectivity index (χ1) is 15.2. The molecule has 2 N–H and O–H groups in total. The summed E-state index contributed by atoms with van der Waals surface area (Å²) in [6.07, 6.45) is 1.88. The van der Waals surface area contributed by atoms with Crippen LogP contribution >= 0.6 is 0 Å². The van der Waals surface area contributed by atoms with E-state index in [0.29, 0.717) is 29.9 Å². The lowest BCUT2D eigenvalue weighted by Crippen LogP contribution is -2.29. The van der Waals surface area contributed by atoms with Gasteiger partial charge < -0.3 is 5.32 Å². The molecule has 0 saturated carbocycles. The van der Waals surface area contributed by atoms with E-state index in [4.69, 9.17) is 0 Å². The summed E-state index contributed by atoms with van der Waals surface area (Å²) in [5.74, 6) is -0.684. The smallest absolute Gasteiger partial charge is 0.296 e. The fourth-order valence-corrected chi connectivity index (χ4v) is 3.62. The molecule has 1 aliphatic rings. The van der Waals surface area contributed by atoms with Gasteiger partial charge in [0.1, 0.15) is 10.6 Å². The Kier molecular flexibility index (Phi) is 7.11. The van der Waals surface area contributed by atoms with Gasteiger partial charge in [-0.15, -0.1) is 0 Å². The highest BCUT2D eigenvalue weighted by molar-refractivity contribution is 7.86. The van der Waals surface area contributed by atoms with E-state index in [0.717, 1.165) is 12.5 Å². The van der Waals surface area contributed by atoms with Crippen LogP contribution in [0.3, 0.4) is 0 Å². The normalized spacial score (nSPS) is 16.5. The van der Waals surface area contributed by atoms with Gasteiger partial charge in [-0.1, -0.05) is 31.5 Å². The molecule has 0 saturated heterocycles. The van der Waals surface area contributed by atoms with E-state index in [1.54, 1.807) is 31.2 Å². The van der Waals surface area contributed by atoms with Gasteiger partial charge >= 0.3 is 0 Å². The molecular weight excluding hydrogens is 434 g/mol. The third-order valence-corrected chi connectivity index (χ3v) is 5.56. The first kappa shape index (κ1) is 23.2. The Labute approximate surface area is 185 Å². The number of rotatable bonds is 8. The number of hydrogen-bond acceptors (Lipinski definition) is 7. The summed E-state index contributed by atoms with van der Waals surface area (Å²) in [7, 11) is -4.61. The highest BCUT2D eigenvalue weighted by Crippen LogP contribution is 2.30. The summed E-state index contributed by atoms with van der Waals surface area (Å²) in [6.45, 7) is 3.57. The minimum absolute atomic E-state index is 0.209. The van der Waals surface area contributed by atoms with E-state index < -0.39 is 27.0 Å². The second-order valence-electron chi connectivity index (χ2n) is 7.15. The number of unbranched alkanes of at least 4 members (excludes halogenated alkanes) is 1. The first-order valence-corrected chi connectivity index (χ1v) is 11.4. The maximum absolute atomic E-state index is 12.8. The molecule has 1 atom stereocenters. The van der Waals surface area contributed by atoms with E-state index in [2.05, 4.69) is 20.6 Å². The van der Waals surface area contributed by atoms with Crippen LogP contribution < -0.4 is 10.3 Å². The van der Waals surface area contributed by atoms with Crippen molar-refractivity contribution in [1.29, 1.82) is 0 Å². The number of amides is 2. The number of azo groups is 1. The van der Waals surface area contributed by atoms with Gasteiger partial charge in [-0.25, -0.2) is 0 Å². The standard InChI is InChI=1S/C21H23N5O5S/c1-3-4-10-19(27)22-15-11-12-18(32(29,30)31)17(13-15)23-24-20-14(2)25-26(21(20)28)16-8-6-5-7-9-16/h5-9,11-13,20H,3-4,10H2,1-2H3,(H,22,27)(H,29,30,31)/t20-/m1/s1. The van der Waals surface area contributed by atoms with Crippen LogP contribution in [-0.2, 0) is 19.7 Å². The molecule has 1 heterocycles. The van der Waals surface area contributed by atoms with Crippen molar-refractivity contribution in [3.8, 4) is 0 Å². The quantitative estimate of drug-likeness (QED) is 0.456. The summed E-state index contributed by atoms with van der Waals surface area (Å²) in [6, 6.07) is 11.5. The van der Waals surface area contributed by atoms with Gasteiger partial charge in [0.15, 0.2) is 6.04 Å². The van der Waals surface area contributed by atoms with Gasteiger partial charge in [0.2, 0.25) is 5.91 Å². The van der Waals surface area contributed by atoms with Crippen LogP contribution in [0.2, 0.25) is 0 Å². The Hall–Kier alpha value is -3.44. The van der Waals surface area contributed by atoms with Crippen LogP contribution in [0.15, 0.2) is 68.8 Å². The number of carbonyl (C=O) groups excluding carboxylic acids is 2. The van der Waals surface area contributed by atoms with Crippen molar-refractivity contribution >= 4 is 44.7 Å². The zero-order chi connectivity index (χ0) is 23.3. The predicted molar refractivity (Wildman–Crippen MR) is 120 cm³/mol. The first-order valence-electron chi connectivity index (χ1n) is 9.97. The number of nitrogens with zero attached hydrogens (tertiary/aromatic N) is 4. The van der Waals surface area contributed by atoms with Crippen molar-refractivity contribution in [1.82, 2.24) is 0 Å². The molecule has 10 nitrogen and oxygen atoms in total. The molecule has 2 amide bonds. The van der Waals surface area contributed by atoms with Gasteiger partial charge in [-0.05, 0) is 43.7 Å². The monoisotopic (exact) mass is 457 g/mol. The van der Waals surface area contributed by atoms with Crippen LogP contribution in [0.1, 0.15) is 33.1 Å². The Morgan fingerprint density at radius 3 is 2.59 bits per heavy atom. The predicted octanol–water partition coefficient (Wildman–Crippen LogP) is 3.94. The van der Waals surface area contributed by atoms with Crippen LogP contribution in [-0.4, -0.2) is 36.5 Å². The van der Waals surface area contributed by atoms with Crippen LogP contribution in [0.4, 0.5) is 17.1 Å². The number of para-hydroxylation sites is 1. The maximum Gasteiger partial charge on any atom is 0.296 e. The number of benzene rings is 2. The molecule has 0 fully saturated rings. The minimum Gasteiger partial charge on any atom is -0.326 e. The van der Waals surface area contributed by atoms with Crippen molar-refractivity contribution in [2.75, 3.05) is 10.3 Å². The third kappa shape index (κ3) is 5.42. The summed E-state index contributed by atoms with van der Waals surface area (Å²) in [5, 5.41) is 16.0. The summed E-state index contributed by atoms with van der Waals surface area (Å²) < 4.78 is 33.0. The topological polar surface area (TPSA) is 141 Å². The van der Waals surface area contributed by atoms with E-state index >= 15 is 0 Å². The molecular formula is C21H23N5O5S. The Balaban J connectivity index is 1.87. The molecule has 0 spiro atoms. The number of carbonyl (C=O) groups is 2. The van der Waals surface area contributed by atoms with Gasteiger partial charge in [0.25, 0.3) is 16.0 Å². The van der Waals surface area contributed by atoms with E-state index in [1.807, 2.05) is 13.0 Å². The highest BCUT2D eigenvalue weighted by atomic mass is 32.2. The van der Waals surface area contributed by atoms with Crippen LogP contribution in [0.5, 0.6) is 0 Å². The molecule has 0 bridgehead atoms. The van der Waals surface area contributed by atoms with Gasteiger partial charge in [-0.2, -0.15) is 28.8 Å². The average Bonchev–Trinajstić information content (AvgIpc) is 3.04.